The molecular weight excluding hydrogens is 162 g/mol. The summed E-state index contributed by atoms with van der Waals surface area (Å²) in [5.74, 6) is 0. The van der Waals surface area contributed by atoms with E-state index in [4.69, 9.17) is 11.5 Å². The first-order valence-electron chi connectivity index (χ1n) is 4.66. The summed E-state index contributed by atoms with van der Waals surface area (Å²) in [7, 11) is 0. The predicted octanol–water partition coefficient (Wildman–Crippen LogP) is 1.80. The summed E-state index contributed by atoms with van der Waals surface area (Å²) in [4.78, 5) is 3.77. The highest BCUT2D eigenvalue weighted by molar-refractivity contribution is 5.33. The first-order valence-corrected chi connectivity index (χ1v) is 4.66. The van der Waals surface area contributed by atoms with Gasteiger partial charge in [-0.1, -0.05) is 19.8 Å². The number of hydrogen-bond acceptors (Lipinski definition) is 3. The van der Waals surface area contributed by atoms with E-state index in [1.54, 1.807) is 24.5 Å². The van der Waals surface area contributed by atoms with Crippen LogP contribution in [0.25, 0.3) is 0 Å². The van der Waals surface area contributed by atoms with Crippen LogP contribution in [0.3, 0.4) is 0 Å². The van der Waals surface area contributed by atoms with Crippen molar-refractivity contribution in [3.8, 4) is 0 Å². The number of nitrogen functional groups attached to an aromatic ring is 1. The van der Waals surface area contributed by atoms with Crippen LogP contribution in [0.5, 0.6) is 0 Å². The van der Waals surface area contributed by atoms with Gasteiger partial charge in [0.1, 0.15) is 0 Å². The molecule has 0 fully saturated rings. The van der Waals surface area contributed by atoms with E-state index >= 15 is 0 Å². The monoisotopic (exact) mass is 181 g/mol. The van der Waals surface area contributed by atoms with Crippen molar-refractivity contribution in [3.05, 3.63) is 24.5 Å². The third-order valence-electron chi connectivity index (χ3n) is 1.51. The van der Waals surface area contributed by atoms with Crippen molar-refractivity contribution in [2.75, 3.05) is 12.3 Å². The molecule has 0 saturated carbocycles. The Labute approximate surface area is 80.2 Å². The molecule has 0 radical (unpaired) electrons. The van der Waals surface area contributed by atoms with Gasteiger partial charge in [0.05, 0.1) is 0 Å². The Hall–Kier alpha value is -1.09. The average molecular weight is 181 g/mol. The van der Waals surface area contributed by atoms with Crippen molar-refractivity contribution in [1.82, 2.24) is 4.98 Å². The van der Waals surface area contributed by atoms with Crippen LogP contribution in [-0.4, -0.2) is 11.5 Å². The van der Waals surface area contributed by atoms with Crippen LogP contribution in [0, 0.1) is 0 Å². The predicted molar refractivity (Wildman–Crippen MR) is 57.2 cm³/mol. The molecule has 0 aliphatic heterocycles. The Balaban J connectivity index is 0.000000226. The van der Waals surface area contributed by atoms with Gasteiger partial charge in [-0.3, -0.25) is 4.98 Å². The summed E-state index contributed by atoms with van der Waals surface area (Å²) >= 11 is 0. The van der Waals surface area contributed by atoms with E-state index in [0.29, 0.717) is 0 Å². The molecule has 0 unspecified atom stereocenters. The van der Waals surface area contributed by atoms with Gasteiger partial charge in [-0.2, -0.15) is 0 Å². The third-order valence-corrected chi connectivity index (χ3v) is 1.51. The molecule has 0 saturated heterocycles. The van der Waals surface area contributed by atoms with Gasteiger partial charge < -0.3 is 11.5 Å². The number of anilines is 1. The third kappa shape index (κ3) is 8.82. The van der Waals surface area contributed by atoms with Crippen molar-refractivity contribution in [3.63, 3.8) is 0 Å². The molecule has 0 amide bonds. The van der Waals surface area contributed by atoms with Crippen molar-refractivity contribution in [1.29, 1.82) is 0 Å². The Morgan fingerprint density at radius 3 is 2.08 bits per heavy atom. The Kier molecular flexibility index (Phi) is 8.25. The second-order valence-corrected chi connectivity index (χ2v) is 2.78. The number of nitrogens with two attached hydrogens (primary N) is 2. The summed E-state index contributed by atoms with van der Waals surface area (Å²) in [6.45, 7) is 3.03. The zero-order valence-corrected chi connectivity index (χ0v) is 8.24. The van der Waals surface area contributed by atoms with Gasteiger partial charge in [0.15, 0.2) is 0 Å². The molecule has 13 heavy (non-hydrogen) atoms. The zero-order valence-electron chi connectivity index (χ0n) is 8.24. The van der Waals surface area contributed by atoms with E-state index in [9.17, 15) is 0 Å². The van der Waals surface area contributed by atoms with Crippen LogP contribution in [0.1, 0.15) is 26.2 Å². The lowest BCUT2D eigenvalue weighted by molar-refractivity contribution is 0.727. The van der Waals surface area contributed by atoms with E-state index in [-0.39, 0.29) is 0 Å². The number of hydrogen-bond donors (Lipinski definition) is 2. The SMILES string of the molecule is CCCCCN.Nc1ccncc1. The second-order valence-electron chi connectivity index (χ2n) is 2.78. The van der Waals surface area contributed by atoms with Gasteiger partial charge in [-0.25, -0.2) is 0 Å². The summed E-state index contributed by atoms with van der Waals surface area (Å²) < 4.78 is 0. The van der Waals surface area contributed by atoms with Crippen molar-refractivity contribution >= 4 is 5.69 Å². The fraction of sp³-hybridized carbons (Fsp3) is 0.500. The maximum Gasteiger partial charge on any atom is 0.0344 e. The van der Waals surface area contributed by atoms with Crippen LogP contribution in [0.15, 0.2) is 24.5 Å². The molecule has 1 heterocycles. The molecule has 1 aromatic heterocycles. The molecule has 0 aliphatic carbocycles. The molecule has 4 N–H and O–H groups in total. The number of rotatable bonds is 3. The van der Waals surface area contributed by atoms with Gasteiger partial charge in [0, 0.05) is 18.1 Å². The molecule has 0 aromatic carbocycles. The summed E-state index contributed by atoms with van der Waals surface area (Å²) in [6, 6.07) is 3.50. The largest absolute Gasteiger partial charge is 0.399 e. The lowest BCUT2D eigenvalue weighted by Crippen LogP contribution is -1.96. The van der Waals surface area contributed by atoms with Crippen LogP contribution >= 0.6 is 0 Å². The van der Waals surface area contributed by atoms with Gasteiger partial charge in [0.2, 0.25) is 0 Å². The van der Waals surface area contributed by atoms with Crippen LogP contribution in [0.2, 0.25) is 0 Å². The van der Waals surface area contributed by atoms with E-state index in [1.807, 2.05) is 0 Å². The topological polar surface area (TPSA) is 64.9 Å². The highest BCUT2D eigenvalue weighted by Crippen LogP contribution is 1.92. The highest BCUT2D eigenvalue weighted by Gasteiger charge is 1.75. The normalized spacial score (nSPS) is 8.77. The molecule has 1 rings (SSSR count). The molecule has 0 aliphatic rings. The lowest BCUT2D eigenvalue weighted by atomic mass is 10.3. The van der Waals surface area contributed by atoms with E-state index < -0.39 is 0 Å². The molecule has 1 aromatic rings. The first-order chi connectivity index (χ1) is 6.31. The molecule has 74 valence electrons. The van der Waals surface area contributed by atoms with Crippen LogP contribution in [-0.2, 0) is 0 Å². The molecule has 3 nitrogen and oxygen atoms in total. The van der Waals surface area contributed by atoms with Gasteiger partial charge in [0.25, 0.3) is 0 Å². The minimum absolute atomic E-state index is 0.759. The Morgan fingerprint density at radius 2 is 1.85 bits per heavy atom. The summed E-state index contributed by atoms with van der Waals surface area (Å²) in [5, 5.41) is 0. The minimum atomic E-state index is 0.759. The fourth-order valence-electron chi connectivity index (χ4n) is 0.758. The second kappa shape index (κ2) is 9.00. The average Bonchev–Trinajstić information content (AvgIpc) is 2.17. The Morgan fingerprint density at radius 1 is 1.23 bits per heavy atom. The Bertz CT molecular complexity index is 183. The van der Waals surface area contributed by atoms with E-state index in [1.165, 1.54) is 19.3 Å². The number of nitrogens with zero attached hydrogens (tertiary/aromatic N) is 1. The van der Waals surface area contributed by atoms with Crippen molar-refractivity contribution in [2.45, 2.75) is 26.2 Å². The zero-order chi connectivity index (χ0) is 9.94. The first kappa shape index (κ1) is 11.9. The standard InChI is InChI=1S/C5H6N2.C5H13N/c6-5-1-3-7-4-2-5;1-2-3-4-5-6/h1-4H,(H2,6,7);2-6H2,1H3. The number of pyridine rings is 1. The van der Waals surface area contributed by atoms with Gasteiger partial charge in [-0.15, -0.1) is 0 Å². The van der Waals surface area contributed by atoms with Gasteiger partial charge >= 0.3 is 0 Å². The molecule has 0 atom stereocenters. The molecule has 0 bridgehead atoms. The van der Waals surface area contributed by atoms with Crippen molar-refractivity contribution in [2.24, 2.45) is 5.73 Å². The van der Waals surface area contributed by atoms with Crippen LogP contribution < -0.4 is 11.5 Å². The minimum Gasteiger partial charge on any atom is -0.399 e. The maximum absolute atomic E-state index is 5.32. The quantitative estimate of drug-likeness (QED) is 0.699. The number of unbranched alkanes of at least 4 members (excludes halogenated alkanes) is 2. The maximum atomic E-state index is 5.32. The van der Waals surface area contributed by atoms with Gasteiger partial charge in [-0.05, 0) is 25.1 Å². The van der Waals surface area contributed by atoms with Crippen molar-refractivity contribution < 1.29 is 0 Å². The van der Waals surface area contributed by atoms with E-state index in [2.05, 4.69) is 11.9 Å². The lowest BCUT2D eigenvalue weighted by Gasteiger charge is -1.86. The molecule has 3 heteroatoms. The summed E-state index contributed by atoms with van der Waals surface area (Å²) in [5.41, 5.74) is 11.3. The number of aromatic nitrogens is 1. The smallest absolute Gasteiger partial charge is 0.0344 e. The van der Waals surface area contributed by atoms with Crippen LogP contribution in [0.4, 0.5) is 5.69 Å². The molecular formula is C10H19N3. The molecule has 0 spiro atoms. The fourth-order valence-corrected chi connectivity index (χ4v) is 0.758. The van der Waals surface area contributed by atoms with E-state index in [0.717, 1.165) is 12.2 Å². The highest BCUT2D eigenvalue weighted by atomic mass is 14.6. The summed E-state index contributed by atoms with van der Waals surface area (Å²) in [6.07, 6.45) is 7.08.